The highest BCUT2D eigenvalue weighted by Crippen LogP contribution is 2.38. The van der Waals surface area contributed by atoms with Crippen molar-refractivity contribution in [2.75, 3.05) is 47.5 Å². The van der Waals surface area contributed by atoms with Crippen molar-refractivity contribution in [3.05, 3.63) is 12.2 Å². The molecular formula is C48H92NO9P. The fourth-order valence-electron chi connectivity index (χ4n) is 7.25. The van der Waals surface area contributed by atoms with E-state index in [4.69, 9.17) is 23.3 Å². The smallest absolute Gasteiger partial charge is 0.306 e. The predicted molar refractivity (Wildman–Crippen MR) is 240 cm³/mol. The first-order chi connectivity index (χ1) is 28.5. The van der Waals surface area contributed by atoms with Crippen LogP contribution >= 0.6 is 7.82 Å². The van der Waals surface area contributed by atoms with Gasteiger partial charge in [0.05, 0.1) is 40.0 Å². The van der Waals surface area contributed by atoms with Crippen molar-refractivity contribution in [2.24, 2.45) is 0 Å². The Morgan fingerprint density at radius 1 is 0.610 bits per heavy atom. The highest BCUT2D eigenvalue weighted by atomic mass is 31.2. The monoisotopic (exact) mass is 858 g/mol. The molecule has 1 rings (SSSR count). The van der Waals surface area contributed by atoms with E-state index in [1.54, 1.807) is 0 Å². The molecule has 0 N–H and O–H groups in total. The SMILES string of the molecule is CCCCC/C=C\CC1OC1CCCCCCCC(=O)O[C@H](COC(=O)CCCCCCCCCCCCCCCCCCCCC)COP(=O)([O-])OCC[N+](C)(C)C. The van der Waals surface area contributed by atoms with Crippen LogP contribution in [0.3, 0.4) is 0 Å². The molecule has 1 heterocycles. The number of carbonyl (C=O) groups excluding carboxylic acids is 2. The van der Waals surface area contributed by atoms with Gasteiger partial charge in [-0.1, -0.05) is 180 Å². The molecule has 1 fully saturated rings. The molecule has 1 aliphatic rings. The summed E-state index contributed by atoms with van der Waals surface area (Å²) in [5.41, 5.74) is 0. The Morgan fingerprint density at radius 2 is 1.08 bits per heavy atom. The standard InChI is InChI=1S/C48H92NO9P/c1-6-8-10-12-14-15-16-17-18-19-20-21-22-23-24-25-26-30-34-38-47(50)54-42-44(43-56-59(52,53)55-41-40-49(3,4)5)57-48(51)39-35-31-27-29-33-37-46-45(58-46)36-32-28-13-11-9-7-2/h28,32,44-46H,6-27,29-31,33-43H2,1-5H3/b32-28-/t44-,45?,46?/m1/s1. The molecule has 0 aromatic heterocycles. The van der Waals surface area contributed by atoms with Gasteiger partial charge in [-0.3, -0.25) is 14.2 Å². The fraction of sp³-hybridized carbons (Fsp3) is 0.917. The van der Waals surface area contributed by atoms with E-state index in [-0.39, 0.29) is 32.0 Å². The maximum atomic E-state index is 12.7. The lowest BCUT2D eigenvalue weighted by atomic mass is 10.0. The summed E-state index contributed by atoms with van der Waals surface area (Å²) in [4.78, 5) is 37.7. The van der Waals surface area contributed by atoms with Crippen LogP contribution in [-0.2, 0) is 37.4 Å². The molecule has 10 nitrogen and oxygen atoms in total. The van der Waals surface area contributed by atoms with E-state index >= 15 is 0 Å². The Morgan fingerprint density at radius 3 is 1.61 bits per heavy atom. The quantitative estimate of drug-likeness (QED) is 0.0147. The number of quaternary nitrogens is 1. The van der Waals surface area contributed by atoms with Gasteiger partial charge in [0.1, 0.15) is 19.8 Å². The second-order valence-corrected chi connectivity index (χ2v) is 19.6. The van der Waals surface area contributed by atoms with Crippen LogP contribution in [0.15, 0.2) is 12.2 Å². The van der Waals surface area contributed by atoms with Gasteiger partial charge in [-0.15, -0.1) is 0 Å². The van der Waals surface area contributed by atoms with Gasteiger partial charge >= 0.3 is 11.9 Å². The maximum absolute atomic E-state index is 12.7. The van der Waals surface area contributed by atoms with Gasteiger partial charge in [-0.05, 0) is 38.5 Å². The third kappa shape index (κ3) is 38.1. The minimum Gasteiger partial charge on any atom is -0.756 e. The second kappa shape index (κ2) is 37.3. The molecule has 11 heteroatoms. The molecule has 4 atom stereocenters. The molecular weight excluding hydrogens is 766 g/mol. The number of nitrogens with zero attached hydrogens (tertiary/aromatic N) is 1. The van der Waals surface area contributed by atoms with E-state index in [0.717, 1.165) is 64.2 Å². The molecule has 0 aromatic carbocycles. The topological polar surface area (TPSA) is 124 Å². The summed E-state index contributed by atoms with van der Waals surface area (Å²) in [7, 11) is 1.16. The predicted octanol–water partition coefficient (Wildman–Crippen LogP) is 12.5. The van der Waals surface area contributed by atoms with Gasteiger partial charge in [-0.2, -0.15) is 0 Å². The van der Waals surface area contributed by atoms with E-state index in [2.05, 4.69) is 26.0 Å². The molecule has 0 aliphatic carbocycles. The van der Waals surface area contributed by atoms with Gasteiger partial charge in [0.25, 0.3) is 7.82 Å². The minimum absolute atomic E-state index is 0.0338. The van der Waals surface area contributed by atoms with Crippen LogP contribution in [0.1, 0.15) is 219 Å². The van der Waals surface area contributed by atoms with Gasteiger partial charge in [-0.25, -0.2) is 0 Å². The Hall–Kier alpha value is -1.29. The average Bonchev–Trinajstić information content (AvgIpc) is 3.94. The molecule has 1 saturated heterocycles. The lowest BCUT2D eigenvalue weighted by Crippen LogP contribution is -2.37. The number of hydrogen-bond donors (Lipinski definition) is 0. The van der Waals surface area contributed by atoms with Crippen LogP contribution in [0.25, 0.3) is 0 Å². The molecule has 0 radical (unpaired) electrons. The normalized spacial score (nSPS) is 17.0. The third-order valence-corrected chi connectivity index (χ3v) is 12.2. The number of allylic oxidation sites excluding steroid dienone is 1. The summed E-state index contributed by atoms with van der Waals surface area (Å²) in [5, 5.41) is 0. The molecule has 0 aromatic rings. The first kappa shape index (κ1) is 55.7. The van der Waals surface area contributed by atoms with Crippen LogP contribution in [0.5, 0.6) is 0 Å². The average molecular weight is 858 g/mol. The number of likely N-dealkylation sites (N-methyl/N-ethyl adjacent to an activating group) is 1. The molecule has 0 bridgehead atoms. The zero-order valence-electron chi connectivity index (χ0n) is 38.9. The van der Waals surface area contributed by atoms with Crippen LogP contribution in [0.4, 0.5) is 0 Å². The molecule has 1 aliphatic heterocycles. The number of carbonyl (C=O) groups is 2. The number of phosphoric ester groups is 1. The first-order valence-electron chi connectivity index (χ1n) is 24.5. The highest BCUT2D eigenvalue weighted by molar-refractivity contribution is 7.45. The summed E-state index contributed by atoms with van der Waals surface area (Å²) in [6.07, 6.45) is 41.1. The summed E-state index contributed by atoms with van der Waals surface area (Å²) in [6.45, 7) is 4.20. The van der Waals surface area contributed by atoms with Gasteiger partial charge < -0.3 is 32.6 Å². The number of epoxide rings is 1. The molecule has 0 saturated carbocycles. The third-order valence-electron chi connectivity index (χ3n) is 11.2. The van der Waals surface area contributed by atoms with Gasteiger partial charge in [0.15, 0.2) is 6.10 Å². The van der Waals surface area contributed by atoms with Gasteiger partial charge in [0, 0.05) is 12.8 Å². The van der Waals surface area contributed by atoms with E-state index in [1.165, 1.54) is 122 Å². The number of rotatable bonds is 44. The first-order valence-corrected chi connectivity index (χ1v) is 26.0. The Bertz CT molecular complexity index is 1080. The summed E-state index contributed by atoms with van der Waals surface area (Å²) >= 11 is 0. The number of unbranched alkanes of at least 4 members (excludes halogenated alkanes) is 25. The number of esters is 2. The van der Waals surface area contributed by atoms with Crippen LogP contribution in [-0.4, -0.2) is 82.2 Å². The second-order valence-electron chi connectivity index (χ2n) is 18.2. The highest BCUT2D eigenvalue weighted by Gasteiger charge is 2.36. The number of ether oxygens (including phenoxy) is 3. The summed E-state index contributed by atoms with van der Waals surface area (Å²) in [5.74, 6) is -0.846. The van der Waals surface area contributed by atoms with Crippen molar-refractivity contribution in [1.82, 2.24) is 0 Å². The number of hydrogen-bond acceptors (Lipinski definition) is 9. The summed E-state index contributed by atoms with van der Waals surface area (Å²) < 4.78 is 39.8. The van der Waals surface area contributed by atoms with Crippen LogP contribution in [0.2, 0.25) is 0 Å². The lowest BCUT2D eigenvalue weighted by Gasteiger charge is -2.28. The number of phosphoric acid groups is 1. The van der Waals surface area contributed by atoms with E-state index in [0.29, 0.717) is 29.7 Å². The molecule has 0 spiro atoms. The van der Waals surface area contributed by atoms with Crippen LogP contribution < -0.4 is 4.89 Å². The maximum Gasteiger partial charge on any atom is 0.306 e. The lowest BCUT2D eigenvalue weighted by molar-refractivity contribution is -0.870. The molecule has 59 heavy (non-hydrogen) atoms. The van der Waals surface area contributed by atoms with Crippen molar-refractivity contribution in [3.8, 4) is 0 Å². The Balaban J connectivity index is 2.22. The summed E-state index contributed by atoms with van der Waals surface area (Å²) in [6, 6.07) is 0. The minimum atomic E-state index is -4.63. The van der Waals surface area contributed by atoms with Crippen molar-refractivity contribution in [3.63, 3.8) is 0 Å². The van der Waals surface area contributed by atoms with E-state index in [1.807, 2.05) is 21.1 Å². The zero-order valence-corrected chi connectivity index (χ0v) is 39.8. The van der Waals surface area contributed by atoms with Gasteiger partial charge in [0.2, 0.25) is 0 Å². The van der Waals surface area contributed by atoms with E-state index in [9.17, 15) is 19.0 Å². The fourth-order valence-corrected chi connectivity index (χ4v) is 7.98. The Kier molecular flexibility index (Phi) is 35.2. The zero-order chi connectivity index (χ0) is 43.3. The van der Waals surface area contributed by atoms with Crippen molar-refractivity contribution >= 4 is 19.8 Å². The van der Waals surface area contributed by atoms with Crippen molar-refractivity contribution < 1.29 is 46.8 Å². The van der Waals surface area contributed by atoms with Crippen LogP contribution in [0, 0.1) is 0 Å². The molecule has 348 valence electrons. The largest absolute Gasteiger partial charge is 0.756 e. The van der Waals surface area contributed by atoms with Crippen molar-refractivity contribution in [1.29, 1.82) is 0 Å². The van der Waals surface area contributed by atoms with Crippen molar-refractivity contribution in [2.45, 2.75) is 238 Å². The van der Waals surface area contributed by atoms with E-state index < -0.39 is 26.5 Å². The molecule has 3 unspecified atom stereocenters. The molecule has 0 amide bonds. The Labute approximate surface area is 362 Å².